The van der Waals surface area contributed by atoms with Gasteiger partial charge in [0.05, 0.1) is 6.54 Å². The molecule has 5 nitrogen and oxygen atoms in total. The molecule has 0 fully saturated rings. The lowest BCUT2D eigenvalue weighted by atomic mass is 10.1. The molecule has 0 bridgehead atoms. The molecule has 37 heavy (non-hydrogen) atoms. The van der Waals surface area contributed by atoms with Gasteiger partial charge in [0.15, 0.2) is 0 Å². The number of aromatic nitrogens is 1. The molecular formula is C31H40BrN3O2. The number of carbonyl (C=O) groups is 2. The smallest absolute Gasteiger partial charge is 0.254 e. The number of hydrogen-bond donors (Lipinski definition) is 0. The van der Waals surface area contributed by atoms with Crippen molar-refractivity contribution >= 4 is 27.7 Å². The van der Waals surface area contributed by atoms with E-state index in [1.54, 1.807) is 4.90 Å². The molecule has 0 radical (unpaired) electrons. The maximum absolute atomic E-state index is 13.6. The first-order valence-electron chi connectivity index (χ1n) is 13.3. The Morgan fingerprint density at radius 3 is 2.30 bits per heavy atom. The maximum atomic E-state index is 13.6. The second kappa shape index (κ2) is 14.2. The molecule has 0 spiro atoms. The van der Waals surface area contributed by atoms with Crippen molar-refractivity contribution < 1.29 is 9.59 Å². The van der Waals surface area contributed by atoms with E-state index in [0.29, 0.717) is 31.1 Å². The van der Waals surface area contributed by atoms with Crippen LogP contribution in [0.25, 0.3) is 0 Å². The molecule has 3 aromatic rings. The summed E-state index contributed by atoms with van der Waals surface area (Å²) in [6.07, 6.45) is 4.85. The van der Waals surface area contributed by atoms with E-state index in [1.807, 2.05) is 54.3 Å². The molecule has 2 aromatic carbocycles. The van der Waals surface area contributed by atoms with Gasteiger partial charge in [0.25, 0.3) is 5.91 Å². The quantitative estimate of drug-likeness (QED) is 0.225. The van der Waals surface area contributed by atoms with E-state index in [1.165, 1.54) is 5.56 Å². The molecule has 0 unspecified atom stereocenters. The van der Waals surface area contributed by atoms with Crippen LogP contribution in [0.2, 0.25) is 0 Å². The van der Waals surface area contributed by atoms with Gasteiger partial charge in [-0.3, -0.25) is 9.59 Å². The van der Waals surface area contributed by atoms with E-state index in [4.69, 9.17) is 0 Å². The Hall–Kier alpha value is -2.86. The highest BCUT2D eigenvalue weighted by Crippen LogP contribution is 2.16. The van der Waals surface area contributed by atoms with Gasteiger partial charge < -0.3 is 14.4 Å². The average molecular weight is 567 g/mol. The van der Waals surface area contributed by atoms with Crippen LogP contribution in [-0.2, 0) is 17.9 Å². The third kappa shape index (κ3) is 8.89. The summed E-state index contributed by atoms with van der Waals surface area (Å²) in [6.45, 7) is 11.0. The van der Waals surface area contributed by atoms with Crippen molar-refractivity contribution in [2.75, 3.05) is 19.6 Å². The Kier molecular flexibility index (Phi) is 11.0. The summed E-state index contributed by atoms with van der Waals surface area (Å²) in [6, 6.07) is 20.0. The van der Waals surface area contributed by atoms with Gasteiger partial charge in [-0.25, -0.2) is 0 Å². The zero-order chi connectivity index (χ0) is 26.8. The molecular weight excluding hydrogens is 526 g/mol. The van der Waals surface area contributed by atoms with Gasteiger partial charge in [-0.1, -0.05) is 73.0 Å². The minimum Gasteiger partial charge on any atom is -0.345 e. The summed E-state index contributed by atoms with van der Waals surface area (Å²) in [5.74, 6) is 0.360. The molecule has 198 valence electrons. The highest BCUT2D eigenvalue weighted by atomic mass is 79.9. The normalized spacial score (nSPS) is 11.1. The largest absolute Gasteiger partial charge is 0.345 e. The fourth-order valence-electron chi connectivity index (χ4n) is 4.18. The highest BCUT2D eigenvalue weighted by Gasteiger charge is 2.23. The van der Waals surface area contributed by atoms with Gasteiger partial charge >= 0.3 is 0 Å². The van der Waals surface area contributed by atoms with Crippen molar-refractivity contribution in [3.8, 4) is 0 Å². The Balaban J connectivity index is 1.76. The lowest BCUT2D eigenvalue weighted by Crippen LogP contribution is -2.44. The first-order valence-corrected chi connectivity index (χ1v) is 14.1. The summed E-state index contributed by atoms with van der Waals surface area (Å²) in [7, 11) is 0. The summed E-state index contributed by atoms with van der Waals surface area (Å²) in [5, 5.41) is 0. The number of aryl methyl sites for hydroxylation is 1. The molecule has 3 rings (SSSR count). The second-order valence-corrected chi connectivity index (χ2v) is 11.1. The predicted molar refractivity (Wildman–Crippen MR) is 155 cm³/mol. The van der Waals surface area contributed by atoms with Crippen molar-refractivity contribution in [1.82, 2.24) is 14.4 Å². The summed E-state index contributed by atoms with van der Waals surface area (Å²) in [4.78, 5) is 30.7. The summed E-state index contributed by atoms with van der Waals surface area (Å²) in [5.41, 5.74) is 4.03. The van der Waals surface area contributed by atoms with E-state index in [9.17, 15) is 9.59 Å². The van der Waals surface area contributed by atoms with Gasteiger partial charge in [-0.15, -0.1) is 0 Å². The SMILES string of the molecule is CCCCN(Cc1cccn1Cc1ccc(Br)cc1)C(=O)CN(CCC(C)C)C(=O)c1ccc(C)cc1. The lowest BCUT2D eigenvalue weighted by molar-refractivity contribution is -0.132. The van der Waals surface area contributed by atoms with Crippen molar-refractivity contribution in [2.45, 2.75) is 60.0 Å². The number of amides is 2. The Labute approximate surface area is 230 Å². The van der Waals surface area contributed by atoms with Crippen LogP contribution in [0.4, 0.5) is 0 Å². The number of nitrogens with zero attached hydrogens (tertiary/aromatic N) is 3. The van der Waals surface area contributed by atoms with E-state index >= 15 is 0 Å². The van der Waals surface area contributed by atoms with E-state index in [2.05, 4.69) is 65.7 Å². The van der Waals surface area contributed by atoms with Gasteiger partial charge in [0, 0.05) is 41.6 Å². The summed E-state index contributed by atoms with van der Waals surface area (Å²) >= 11 is 3.50. The van der Waals surface area contributed by atoms with Gasteiger partial charge in [-0.2, -0.15) is 0 Å². The van der Waals surface area contributed by atoms with Crippen molar-refractivity contribution in [2.24, 2.45) is 5.92 Å². The Bertz CT molecular complexity index is 1140. The first kappa shape index (κ1) is 28.7. The monoisotopic (exact) mass is 565 g/mol. The third-order valence-corrected chi connectivity index (χ3v) is 7.09. The molecule has 1 heterocycles. The minimum atomic E-state index is -0.0805. The van der Waals surface area contributed by atoms with Crippen LogP contribution in [0.15, 0.2) is 71.3 Å². The van der Waals surface area contributed by atoms with E-state index in [-0.39, 0.29) is 18.4 Å². The highest BCUT2D eigenvalue weighted by molar-refractivity contribution is 9.10. The third-order valence-electron chi connectivity index (χ3n) is 6.57. The zero-order valence-corrected chi connectivity index (χ0v) is 24.2. The van der Waals surface area contributed by atoms with Crippen molar-refractivity contribution in [1.29, 1.82) is 0 Å². The second-order valence-electron chi connectivity index (χ2n) is 10.2. The van der Waals surface area contributed by atoms with E-state index < -0.39 is 0 Å². The van der Waals surface area contributed by atoms with Gasteiger partial charge in [-0.05, 0) is 67.6 Å². The van der Waals surface area contributed by atoms with Crippen LogP contribution >= 0.6 is 15.9 Å². The van der Waals surface area contributed by atoms with Gasteiger partial charge in [0.1, 0.15) is 6.54 Å². The molecule has 0 aliphatic heterocycles. The average Bonchev–Trinajstić information content (AvgIpc) is 3.31. The van der Waals surface area contributed by atoms with Crippen molar-refractivity contribution in [3.05, 3.63) is 93.7 Å². The number of rotatable bonds is 13. The Morgan fingerprint density at radius 1 is 0.946 bits per heavy atom. The fraction of sp³-hybridized carbons (Fsp3) is 0.419. The molecule has 0 saturated heterocycles. The van der Waals surface area contributed by atoms with Crippen LogP contribution in [0.3, 0.4) is 0 Å². The number of carbonyl (C=O) groups excluding carboxylic acids is 2. The first-order chi connectivity index (χ1) is 17.8. The van der Waals surface area contributed by atoms with Crippen LogP contribution in [-0.4, -0.2) is 45.8 Å². The molecule has 0 N–H and O–H groups in total. The molecule has 1 aromatic heterocycles. The van der Waals surface area contributed by atoms with Crippen LogP contribution in [0.5, 0.6) is 0 Å². The predicted octanol–water partition coefficient (Wildman–Crippen LogP) is 6.92. The van der Waals surface area contributed by atoms with Crippen LogP contribution < -0.4 is 0 Å². The minimum absolute atomic E-state index is 0.00550. The standard InChI is InChI=1S/C31H40BrN3O2/c1-5-6-18-34(22-29-8-7-19-33(29)21-26-11-15-28(32)16-12-26)30(36)23-35(20-17-24(2)3)31(37)27-13-9-25(4)10-14-27/h7-16,19,24H,5-6,17-18,20-23H2,1-4H3. The number of unbranched alkanes of at least 4 members (excludes halogenated alkanes) is 1. The van der Waals surface area contributed by atoms with Crippen molar-refractivity contribution in [3.63, 3.8) is 0 Å². The number of hydrogen-bond acceptors (Lipinski definition) is 2. The van der Waals surface area contributed by atoms with Crippen LogP contribution in [0, 0.1) is 12.8 Å². The fourth-order valence-corrected chi connectivity index (χ4v) is 4.44. The Morgan fingerprint density at radius 2 is 1.65 bits per heavy atom. The van der Waals surface area contributed by atoms with Gasteiger partial charge in [0.2, 0.25) is 5.91 Å². The maximum Gasteiger partial charge on any atom is 0.254 e. The molecule has 0 aliphatic carbocycles. The topological polar surface area (TPSA) is 45.6 Å². The number of benzene rings is 2. The molecule has 0 saturated carbocycles. The molecule has 6 heteroatoms. The molecule has 0 atom stereocenters. The lowest BCUT2D eigenvalue weighted by Gasteiger charge is -2.29. The molecule has 0 aliphatic rings. The zero-order valence-electron chi connectivity index (χ0n) is 22.6. The molecule has 2 amide bonds. The van der Waals surface area contributed by atoms with Crippen LogP contribution in [0.1, 0.15) is 67.2 Å². The number of halogens is 1. The van der Waals surface area contributed by atoms with E-state index in [0.717, 1.165) is 41.5 Å². The summed E-state index contributed by atoms with van der Waals surface area (Å²) < 4.78 is 3.26.